The molecule has 6 heteroatoms. The highest BCUT2D eigenvalue weighted by Gasteiger charge is 2.22. The fourth-order valence-corrected chi connectivity index (χ4v) is 4.32. The molecule has 3 rings (SSSR count). The summed E-state index contributed by atoms with van der Waals surface area (Å²) in [6.45, 7) is 8.82. The second-order valence-electron chi connectivity index (χ2n) is 7.74. The van der Waals surface area contributed by atoms with Crippen LogP contribution in [0.25, 0.3) is 0 Å². The molecule has 1 unspecified atom stereocenters. The summed E-state index contributed by atoms with van der Waals surface area (Å²) in [5.41, 5.74) is 2.33. The number of aryl methyl sites for hydroxylation is 1. The van der Waals surface area contributed by atoms with Crippen LogP contribution in [0, 0.1) is 12.8 Å². The van der Waals surface area contributed by atoms with Crippen LogP contribution in [0.15, 0.2) is 29.6 Å². The molecule has 5 nitrogen and oxygen atoms in total. The summed E-state index contributed by atoms with van der Waals surface area (Å²) in [5, 5.41) is 5.30. The number of likely N-dealkylation sites (N-methyl/N-ethyl adjacent to an activating group) is 1. The largest absolute Gasteiger partial charge is 0.490 e. The number of carbonyl (C=O) groups is 1. The number of thiophene rings is 1. The van der Waals surface area contributed by atoms with Gasteiger partial charge >= 0.3 is 0 Å². The Morgan fingerprint density at radius 1 is 1.21 bits per heavy atom. The first-order valence-electron chi connectivity index (χ1n) is 9.84. The number of hydrogen-bond acceptors (Lipinski definition) is 5. The number of amides is 1. The first kappa shape index (κ1) is 20.7. The minimum Gasteiger partial charge on any atom is -0.490 e. The van der Waals surface area contributed by atoms with Crippen LogP contribution in [-0.2, 0) is 11.3 Å². The summed E-state index contributed by atoms with van der Waals surface area (Å²) in [6.07, 6.45) is 0.879. The number of rotatable bonds is 7. The smallest absolute Gasteiger partial charge is 0.234 e. The van der Waals surface area contributed by atoms with Crippen molar-refractivity contribution < 1.29 is 14.3 Å². The highest BCUT2D eigenvalue weighted by atomic mass is 32.1. The molecule has 28 heavy (non-hydrogen) atoms. The highest BCUT2D eigenvalue weighted by Crippen LogP contribution is 2.34. The summed E-state index contributed by atoms with van der Waals surface area (Å²) in [7, 11) is 1.98. The maximum Gasteiger partial charge on any atom is 0.234 e. The first-order valence-corrected chi connectivity index (χ1v) is 10.7. The van der Waals surface area contributed by atoms with Crippen LogP contribution in [0.4, 0.5) is 0 Å². The lowest BCUT2D eigenvalue weighted by Crippen LogP contribution is -2.38. The van der Waals surface area contributed by atoms with Gasteiger partial charge in [0.05, 0.1) is 25.8 Å². The average molecular weight is 403 g/mol. The SMILES string of the molecule is Cc1ccsc1CN(C)CC(=O)NC(c1ccc2c(c1)OCCCO2)C(C)C. The lowest BCUT2D eigenvalue weighted by molar-refractivity contribution is -0.123. The molecule has 1 aliphatic heterocycles. The minimum atomic E-state index is -0.0680. The zero-order valence-corrected chi connectivity index (χ0v) is 18.0. The molecule has 0 bridgehead atoms. The molecule has 1 N–H and O–H groups in total. The van der Waals surface area contributed by atoms with Crippen LogP contribution in [-0.4, -0.2) is 37.6 Å². The molecular weight excluding hydrogens is 372 g/mol. The zero-order valence-electron chi connectivity index (χ0n) is 17.2. The predicted molar refractivity (Wildman–Crippen MR) is 113 cm³/mol. The summed E-state index contributed by atoms with van der Waals surface area (Å²) in [4.78, 5) is 16.1. The Morgan fingerprint density at radius 3 is 2.64 bits per heavy atom. The first-order chi connectivity index (χ1) is 13.4. The molecule has 0 aliphatic carbocycles. The molecule has 2 aromatic rings. The van der Waals surface area contributed by atoms with Gasteiger partial charge in [0, 0.05) is 17.8 Å². The van der Waals surface area contributed by atoms with E-state index in [9.17, 15) is 4.79 Å². The monoisotopic (exact) mass is 402 g/mol. The van der Waals surface area contributed by atoms with Crippen LogP contribution < -0.4 is 14.8 Å². The maximum absolute atomic E-state index is 12.7. The van der Waals surface area contributed by atoms with E-state index in [1.165, 1.54) is 10.4 Å². The molecule has 1 aromatic heterocycles. The van der Waals surface area contributed by atoms with Crippen molar-refractivity contribution in [2.24, 2.45) is 5.92 Å². The second kappa shape index (κ2) is 9.43. The van der Waals surface area contributed by atoms with E-state index < -0.39 is 0 Å². The third-order valence-electron chi connectivity index (χ3n) is 4.91. The topological polar surface area (TPSA) is 50.8 Å². The van der Waals surface area contributed by atoms with Gasteiger partial charge < -0.3 is 14.8 Å². The quantitative estimate of drug-likeness (QED) is 0.755. The summed E-state index contributed by atoms with van der Waals surface area (Å²) in [5.74, 6) is 1.84. The Kier molecular flexibility index (Phi) is 6.97. The van der Waals surface area contributed by atoms with Crippen molar-refractivity contribution >= 4 is 17.2 Å². The highest BCUT2D eigenvalue weighted by molar-refractivity contribution is 7.10. The predicted octanol–water partition coefficient (Wildman–Crippen LogP) is 4.16. The lowest BCUT2D eigenvalue weighted by Gasteiger charge is -2.25. The van der Waals surface area contributed by atoms with Gasteiger partial charge in [-0.3, -0.25) is 9.69 Å². The van der Waals surface area contributed by atoms with Crippen molar-refractivity contribution in [2.45, 2.75) is 39.8 Å². The second-order valence-corrected chi connectivity index (χ2v) is 8.75. The summed E-state index contributed by atoms with van der Waals surface area (Å²) >= 11 is 1.74. The van der Waals surface area contributed by atoms with Gasteiger partial charge in [-0.1, -0.05) is 19.9 Å². The van der Waals surface area contributed by atoms with Crippen LogP contribution in [0.1, 0.15) is 42.3 Å². The molecule has 0 spiro atoms. The third-order valence-corrected chi connectivity index (χ3v) is 5.92. The van der Waals surface area contributed by atoms with E-state index in [0.29, 0.717) is 19.8 Å². The van der Waals surface area contributed by atoms with Crippen LogP contribution in [0.3, 0.4) is 0 Å². The number of ether oxygens (including phenoxy) is 2. The maximum atomic E-state index is 12.7. The molecule has 0 radical (unpaired) electrons. The molecule has 1 aromatic carbocycles. The standard InChI is InChI=1S/C22H30N2O3S/c1-15(2)22(17-6-7-18-19(12-17)27-10-5-9-26-18)23-21(25)14-24(4)13-20-16(3)8-11-28-20/h6-8,11-12,15,22H,5,9-10,13-14H2,1-4H3,(H,23,25). The number of benzene rings is 1. The molecule has 0 saturated carbocycles. The van der Waals surface area contributed by atoms with Gasteiger partial charge in [0.1, 0.15) is 0 Å². The van der Waals surface area contributed by atoms with E-state index in [1.807, 2.05) is 25.2 Å². The molecule has 1 aliphatic rings. The Bertz CT molecular complexity index is 803. The molecular formula is C22H30N2O3S. The molecule has 2 heterocycles. The van der Waals surface area contributed by atoms with Gasteiger partial charge in [0.2, 0.25) is 5.91 Å². The van der Waals surface area contributed by atoms with Gasteiger partial charge in [0.25, 0.3) is 0 Å². The summed E-state index contributed by atoms with van der Waals surface area (Å²) < 4.78 is 11.5. The van der Waals surface area contributed by atoms with Crippen LogP contribution in [0.2, 0.25) is 0 Å². The molecule has 0 saturated heterocycles. The minimum absolute atomic E-state index is 0.0301. The van der Waals surface area contributed by atoms with Crippen molar-refractivity contribution in [3.63, 3.8) is 0 Å². The fourth-order valence-electron chi connectivity index (χ4n) is 3.34. The van der Waals surface area contributed by atoms with Gasteiger partial charge in [-0.05, 0) is 54.6 Å². The molecule has 1 amide bonds. The number of fused-ring (bicyclic) bond motifs is 1. The van der Waals surface area contributed by atoms with E-state index in [1.54, 1.807) is 11.3 Å². The van der Waals surface area contributed by atoms with E-state index in [-0.39, 0.29) is 17.9 Å². The molecule has 152 valence electrons. The van der Waals surface area contributed by atoms with Crippen LogP contribution >= 0.6 is 11.3 Å². The van der Waals surface area contributed by atoms with Gasteiger partial charge in [0.15, 0.2) is 11.5 Å². The normalized spacial score (nSPS) is 14.8. The van der Waals surface area contributed by atoms with E-state index >= 15 is 0 Å². The van der Waals surface area contributed by atoms with Crippen LogP contribution in [0.5, 0.6) is 11.5 Å². The van der Waals surface area contributed by atoms with Gasteiger partial charge in [-0.15, -0.1) is 11.3 Å². The molecule has 1 atom stereocenters. The van der Waals surface area contributed by atoms with E-state index in [0.717, 1.165) is 30.0 Å². The number of nitrogens with zero attached hydrogens (tertiary/aromatic N) is 1. The fraction of sp³-hybridized carbons (Fsp3) is 0.500. The number of nitrogens with one attached hydrogen (secondary N) is 1. The summed E-state index contributed by atoms with van der Waals surface area (Å²) in [6, 6.07) is 8.03. The van der Waals surface area contributed by atoms with E-state index in [4.69, 9.17) is 9.47 Å². The number of carbonyl (C=O) groups excluding carboxylic acids is 1. The van der Waals surface area contributed by atoms with Crippen molar-refractivity contribution in [2.75, 3.05) is 26.8 Å². The van der Waals surface area contributed by atoms with Crippen molar-refractivity contribution in [1.82, 2.24) is 10.2 Å². The Morgan fingerprint density at radius 2 is 1.96 bits per heavy atom. The number of hydrogen-bond donors (Lipinski definition) is 1. The Labute approximate surface area is 171 Å². The zero-order chi connectivity index (χ0) is 20.1. The lowest BCUT2D eigenvalue weighted by atomic mass is 9.95. The van der Waals surface area contributed by atoms with Crippen molar-refractivity contribution in [3.8, 4) is 11.5 Å². The van der Waals surface area contributed by atoms with Gasteiger partial charge in [-0.25, -0.2) is 0 Å². The average Bonchev–Trinajstić information content (AvgIpc) is 2.91. The van der Waals surface area contributed by atoms with E-state index in [2.05, 4.69) is 42.4 Å². The Hall–Kier alpha value is -2.05. The van der Waals surface area contributed by atoms with Crippen molar-refractivity contribution in [1.29, 1.82) is 0 Å². The third kappa shape index (κ3) is 5.26. The Balaban J connectivity index is 1.65. The van der Waals surface area contributed by atoms with Crippen molar-refractivity contribution in [3.05, 3.63) is 45.6 Å². The molecule has 0 fully saturated rings. The van der Waals surface area contributed by atoms with Gasteiger partial charge in [-0.2, -0.15) is 0 Å².